The molecule has 2 atom stereocenters. The van der Waals surface area contributed by atoms with Gasteiger partial charge in [-0.2, -0.15) is 0 Å². The molecule has 1 aliphatic rings. The average Bonchev–Trinajstić information content (AvgIpc) is 2.42. The molecule has 1 amide bonds. The van der Waals surface area contributed by atoms with E-state index in [1.54, 1.807) is 18.2 Å². The minimum atomic E-state index is -0.468. The third-order valence-corrected chi connectivity index (χ3v) is 3.55. The van der Waals surface area contributed by atoms with Crippen molar-refractivity contribution in [2.45, 2.75) is 37.8 Å². The van der Waals surface area contributed by atoms with Gasteiger partial charge in [-0.1, -0.05) is 12.8 Å². The Hall–Kier alpha value is -1.75. The number of nitrogens with one attached hydrogen (secondary N) is 1. The minimum absolute atomic E-state index is 0.188. The van der Waals surface area contributed by atoms with Gasteiger partial charge in [-0.3, -0.25) is 4.79 Å². The summed E-state index contributed by atoms with van der Waals surface area (Å²) in [6.45, 7) is 0. The van der Waals surface area contributed by atoms with Crippen LogP contribution in [0.5, 0.6) is 5.75 Å². The Morgan fingerprint density at radius 2 is 2.16 bits per heavy atom. The van der Waals surface area contributed by atoms with Crippen LogP contribution in [0, 0.1) is 0 Å². The molecule has 1 fully saturated rings. The lowest BCUT2D eigenvalue weighted by molar-refractivity contribution is 0.0717. The summed E-state index contributed by atoms with van der Waals surface area (Å²) in [6, 6.07) is 4.78. The van der Waals surface area contributed by atoms with Crippen LogP contribution < -0.4 is 15.8 Å². The van der Waals surface area contributed by atoms with Gasteiger partial charge >= 0.3 is 0 Å². The molecule has 0 aromatic heterocycles. The second kappa shape index (κ2) is 5.93. The van der Waals surface area contributed by atoms with E-state index in [1.165, 1.54) is 7.11 Å². The van der Waals surface area contributed by atoms with Crippen molar-refractivity contribution in [2.75, 3.05) is 12.8 Å². The van der Waals surface area contributed by atoms with Crippen molar-refractivity contribution in [1.29, 1.82) is 0 Å². The lowest BCUT2D eigenvalue weighted by Gasteiger charge is -2.28. The fraction of sp³-hybridized carbons (Fsp3) is 0.500. The Balaban J connectivity index is 2.10. The highest BCUT2D eigenvalue weighted by molar-refractivity contribution is 5.99. The van der Waals surface area contributed by atoms with Crippen LogP contribution in [0.2, 0.25) is 0 Å². The first-order chi connectivity index (χ1) is 9.11. The predicted molar refractivity (Wildman–Crippen MR) is 73.1 cm³/mol. The summed E-state index contributed by atoms with van der Waals surface area (Å²) in [6.07, 6.45) is 3.10. The number of anilines is 1. The number of amides is 1. The molecule has 1 aromatic rings. The topological polar surface area (TPSA) is 84.6 Å². The maximum atomic E-state index is 12.2. The normalized spacial score (nSPS) is 22.8. The standard InChI is InChI=1S/C14H20N2O3/c1-19-9-6-7-11(15)10(8-9)14(18)16-12-4-2-3-5-13(12)17/h6-8,12-13,17H,2-5,15H2,1H3,(H,16,18). The monoisotopic (exact) mass is 264 g/mol. The summed E-state index contributed by atoms with van der Waals surface area (Å²) in [4.78, 5) is 12.2. The van der Waals surface area contributed by atoms with E-state index in [9.17, 15) is 9.90 Å². The van der Waals surface area contributed by atoms with Crippen molar-refractivity contribution in [3.05, 3.63) is 23.8 Å². The maximum Gasteiger partial charge on any atom is 0.253 e. The summed E-state index contributed by atoms with van der Waals surface area (Å²) in [5.41, 5.74) is 6.60. The van der Waals surface area contributed by atoms with E-state index in [2.05, 4.69) is 5.32 Å². The van der Waals surface area contributed by atoms with E-state index >= 15 is 0 Å². The highest BCUT2D eigenvalue weighted by Crippen LogP contribution is 2.22. The van der Waals surface area contributed by atoms with Crippen LogP contribution in [0.4, 0.5) is 5.69 Å². The van der Waals surface area contributed by atoms with E-state index in [4.69, 9.17) is 10.5 Å². The van der Waals surface area contributed by atoms with Gasteiger partial charge in [0, 0.05) is 5.69 Å². The summed E-state index contributed by atoms with van der Waals surface area (Å²) in [5.74, 6) is 0.325. The molecule has 0 saturated heterocycles. The van der Waals surface area contributed by atoms with Crippen LogP contribution in [0.25, 0.3) is 0 Å². The van der Waals surface area contributed by atoms with Gasteiger partial charge in [0.25, 0.3) is 5.91 Å². The first-order valence-corrected chi connectivity index (χ1v) is 6.54. The molecule has 0 aliphatic heterocycles. The Kier molecular flexibility index (Phi) is 4.27. The summed E-state index contributed by atoms with van der Waals surface area (Å²) in [5, 5.41) is 12.7. The second-order valence-corrected chi connectivity index (χ2v) is 4.88. The van der Waals surface area contributed by atoms with E-state index < -0.39 is 6.10 Å². The molecule has 5 nitrogen and oxygen atoms in total. The Morgan fingerprint density at radius 1 is 1.42 bits per heavy atom. The number of carbonyl (C=O) groups excluding carboxylic acids is 1. The average molecular weight is 264 g/mol. The predicted octanol–water partition coefficient (Wildman–Crippen LogP) is 1.31. The maximum absolute atomic E-state index is 12.2. The zero-order valence-electron chi connectivity index (χ0n) is 11.1. The molecule has 0 radical (unpaired) electrons. The van der Waals surface area contributed by atoms with Crippen LogP contribution in [0.15, 0.2) is 18.2 Å². The number of rotatable bonds is 3. The van der Waals surface area contributed by atoms with Crippen LogP contribution in [0.1, 0.15) is 36.0 Å². The van der Waals surface area contributed by atoms with E-state index in [0.29, 0.717) is 17.0 Å². The third kappa shape index (κ3) is 3.17. The van der Waals surface area contributed by atoms with Gasteiger partial charge in [-0.15, -0.1) is 0 Å². The molecular formula is C14H20N2O3. The Labute approximate surface area is 112 Å². The fourth-order valence-corrected chi connectivity index (χ4v) is 2.38. The number of aliphatic hydroxyl groups excluding tert-OH is 1. The van der Waals surface area contributed by atoms with Crippen molar-refractivity contribution in [3.8, 4) is 5.75 Å². The number of nitrogen functional groups attached to an aromatic ring is 1. The highest BCUT2D eigenvalue weighted by Gasteiger charge is 2.25. The van der Waals surface area contributed by atoms with Gasteiger partial charge in [0.2, 0.25) is 0 Å². The largest absolute Gasteiger partial charge is 0.497 e. The lowest BCUT2D eigenvalue weighted by atomic mass is 9.92. The molecule has 1 aliphatic carbocycles. The Morgan fingerprint density at radius 3 is 2.84 bits per heavy atom. The van der Waals surface area contributed by atoms with Gasteiger partial charge in [-0.05, 0) is 31.0 Å². The number of hydrogen-bond donors (Lipinski definition) is 3. The SMILES string of the molecule is COc1ccc(N)c(C(=O)NC2CCCCC2O)c1. The second-order valence-electron chi connectivity index (χ2n) is 4.88. The zero-order chi connectivity index (χ0) is 13.8. The molecule has 0 heterocycles. The first kappa shape index (κ1) is 13.7. The summed E-state index contributed by atoms with van der Waals surface area (Å²) in [7, 11) is 1.54. The molecule has 2 rings (SSSR count). The number of ether oxygens (including phenoxy) is 1. The van der Waals surface area contributed by atoms with Crippen LogP contribution in [-0.4, -0.2) is 30.3 Å². The molecular weight excluding hydrogens is 244 g/mol. The van der Waals surface area contributed by atoms with E-state index in [0.717, 1.165) is 25.7 Å². The first-order valence-electron chi connectivity index (χ1n) is 6.54. The highest BCUT2D eigenvalue weighted by atomic mass is 16.5. The zero-order valence-corrected chi connectivity index (χ0v) is 11.1. The molecule has 0 bridgehead atoms. The fourth-order valence-electron chi connectivity index (χ4n) is 2.38. The van der Waals surface area contributed by atoms with Crippen LogP contribution in [0.3, 0.4) is 0 Å². The summed E-state index contributed by atoms with van der Waals surface area (Å²) < 4.78 is 5.09. The minimum Gasteiger partial charge on any atom is -0.497 e. The molecule has 104 valence electrons. The number of carbonyl (C=O) groups is 1. The van der Waals surface area contributed by atoms with Gasteiger partial charge in [0.15, 0.2) is 0 Å². The van der Waals surface area contributed by atoms with Gasteiger partial charge < -0.3 is 20.9 Å². The Bertz CT molecular complexity index is 462. The lowest BCUT2D eigenvalue weighted by Crippen LogP contribution is -2.45. The number of hydrogen-bond acceptors (Lipinski definition) is 4. The number of aliphatic hydroxyl groups is 1. The van der Waals surface area contributed by atoms with Crippen molar-refractivity contribution < 1.29 is 14.6 Å². The van der Waals surface area contributed by atoms with Crippen LogP contribution >= 0.6 is 0 Å². The van der Waals surface area contributed by atoms with Crippen molar-refractivity contribution in [3.63, 3.8) is 0 Å². The smallest absolute Gasteiger partial charge is 0.253 e. The molecule has 4 N–H and O–H groups in total. The summed E-state index contributed by atoms with van der Waals surface area (Å²) >= 11 is 0. The van der Waals surface area contributed by atoms with Crippen LogP contribution in [-0.2, 0) is 0 Å². The molecule has 1 aromatic carbocycles. The van der Waals surface area contributed by atoms with Crippen molar-refractivity contribution >= 4 is 11.6 Å². The molecule has 1 saturated carbocycles. The van der Waals surface area contributed by atoms with Crippen molar-refractivity contribution in [2.24, 2.45) is 0 Å². The molecule has 5 heteroatoms. The molecule has 2 unspecified atom stereocenters. The third-order valence-electron chi connectivity index (χ3n) is 3.55. The number of benzene rings is 1. The molecule has 19 heavy (non-hydrogen) atoms. The molecule has 0 spiro atoms. The quantitative estimate of drug-likeness (QED) is 0.719. The van der Waals surface area contributed by atoms with Gasteiger partial charge in [-0.25, -0.2) is 0 Å². The number of nitrogens with two attached hydrogens (primary N) is 1. The number of methoxy groups -OCH3 is 1. The van der Waals surface area contributed by atoms with Gasteiger partial charge in [0.1, 0.15) is 5.75 Å². The van der Waals surface area contributed by atoms with Gasteiger partial charge in [0.05, 0.1) is 24.8 Å². The van der Waals surface area contributed by atoms with E-state index in [1.807, 2.05) is 0 Å². The van der Waals surface area contributed by atoms with E-state index in [-0.39, 0.29) is 11.9 Å². The van der Waals surface area contributed by atoms with Crippen molar-refractivity contribution in [1.82, 2.24) is 5.32 Å².